The molecule has 0 fully saturated rings. The lowest BCUT2D eigenvalue weighted by molar-refractivity contribution is -0.128. The molecule has 2 aromatic rings. The lowest BCUT2D eigenvalue weighted by Gasteiger charge is -2.18. The van der Waals surface area contributed by atoms with Gasteiger partial charge in [-0.3, -0.25) is 4.79 Å². The summed E-state index contributed by atoms with van der Waals surface area (Å²) < 4.78 is 16.7. The van der Waals surface area contributed by atoms with Crippen LogP contribution in [0.1, 0.15) is 38.7 Å². The maximum atomic E-state index is 12.4. The van der Waals surface area contributed by atoms with Gasteiger partial charge < -0.3 is 19.5 Å². The molecule has 0 heterocycles. The average molecular weight is 371 g/mol. The summed E-state index contributed by atoms with van der Waals surface area (Å²) >= 11 is 0. The van der Waals surface area contributed by atoms with Crippen LogP contribution in [0.2, 0.25) is 0 Å². The van der Waals surface area contributed by atoms with Crippen molar-refractivity contribution < 1.29 is 19.0 Å². The molecule has 0 saturated carbocycles. The molecule has 1 amide bonds. The zero-order valence-corrected chi connectivity index (χ0v) is 16.5. The number of carbonyl (C=O) groups is 1. The van der Waals surface area contributed by atoms with Crippen molar-refractivity contribution in [3.8, 4) is 17.2 Å². The second kappa shape index (κ2) is 10.5. The van der Waals surface area contributed by atoms with E-state index in [1.807, 2.05) is 25.1 Å². The third-order valence-corrected chi connectivity index (χ3v) is 4.20. The van der Waals surface area contributed by atoms with E-state index in [1.165, 1.54) is 0 Å². The van der Waals surface area contributed by atoms with Crippen molar-refractivity contribution in [1.82, 2.24) is 5.32 Å². The molecule has 0 aliphatic heterocycles. The number of hydrogen-bond acceptors (Lipinski definition) is 4. The Hall–Kier alpha value is -2.69. The van der Waals surface area contributed by atoms with E-state index in [9.17, 15) is 4.79 Å². The first-order valence-corrected chi connectivity index (χ1v) is 9.35. The molecule has 5 nitrogen and oxygen atoms in total. The Morgan fingerprint density at radius 1 is 1.04 bits per heavy atom. The van der Waals surface area contributed by atoms with Crippen LogP contribution in [0, 0.1) is 0 Å². The Bertz CT molecular complexity index is 713. The van der Waals surface area contributed by atoms with Gasteiger partial charge in [-0.1, -0.05) is 39.0 Å². The van der Waals surface area contributed by atoms with Gasteiger partial charge in [-0.2, -0.15) is 0 Å². The second-order valence-electron chi connectivity index (χ2n) is 6.52. The average Bonchev–Trinajstić information content (AvgIpc) is 2.69. The molecule has 0 aliphatic rings. The van der Waals surface area contributed by atoms with Gasteiger partial charge in [-0.25, -0.2) is 0 Å². The van der Waals surface area contributed by atoms with Gasteiger partial charge in [0.15, 0.2) is 6.10 Å². The standard InChI is InChI=1S/C22H29NO4/c1-5-20(27-18-12-10-17(25-4)11-13-18)22(24)23-14-15-26-21-9-7-6-8-19(21)16(2)3/h6-13,16,20H,5,14-15H2,1-4H3,(H,23,24). The highest BCUT2D eigenvalue weighted by Crippen LogP contribution is 2.25. The molecule has 0 spiro atoms. The van der Waals surface area contributed by atoms with Gasteiger partial charge in [0.1, 0.15) is 23.9 Å². The second-order valence-corrected chi connectivity index (χ2v) is 6.52. The number of para-hydroxylation sites is 1. The van der Waals surface area contributed by atoms with Crippen molar-refractivity contribution in [3.05, 3.63) is 54.1 Å². The number of ether oxygens (including phenoxy) is 3. The molecule has 27 heavy (non-hydrogen) atoms. The minimum absolute atomic E-state index is 0.144. The van der Waals surface area contributed by atoms with Crippen LogP contribution in [-0.4, -0.2) is 32.3 Å². The number of hydrogen-bond donors (Lipinski definition) is 1. The van der Waals surface area contributed by atoms with Gasteiger partial charge in [0, 0.05) is 0 Å². The van der Waals surface area contributed by atoms with Gasteiger partial charge >= 0.3 is 0 Å². The smallest absolute Gasteiger partial charge is 0.261 e. The van der Waals surface area contributed by atoms with Gasteiger partial charge in [0.05, 0.1) is 13.7 Å². The summed E-state index contributed by atoms with van der Waals surface area (Å²) in [5, 5.41) is 2.88. The predicted molar refractivity (Wildman–Crippen MR) is 107 cm³/mol. The molecule has 0 aromatic heterocycles. The highest BCUT2D eigenvalue weighted by Gasteiger charge is 2.18. The Morgan fingerprint density at radius 2 is 1.70 bits per heavy atom. The molecule has 0 bridgehead atoms. The molecule has 1 unspecified atom stereocenters. The van der Waals surface area contributed by atoms with Crippen LogP contribution in [0.3, 0.4) is 0 Å². The quantitative estimate of drug-likeness (QED) is 0.637. The predicted octanol–water partition coefficient (Wildman–Crippen LogP) is 4.17. The third kappa shape index (κ3) is 6.20. The van der Waals surface area contributed by atoms with Crippen molar-refractivity contribution in [2.75, 3.05) is 20.3 Å². The van der Waals surface area contributed by atoms with E-state index in [-0.39, 0.29) is 5.91 Å². The Labute approximate surface area is 161 Å². The maximum absolute atomic E-state index is 12.4. The van der Waals surface area contributed by atoms with E-state index in [4.69, 9.17) is 14.2 Å². The van der Waals surface area contributed by atoms with Gasteiger partial charge in [-0.05, 0) is 48.2 Å². The molecule has 146 valence electrons. The van der Waals surface area contributed by atoms with Gasteiger partial charge in [-0.15, -0.1) is 0 Å². The van der Waals surface area contributed by atoms with E-state index in [2.05, 4.69) is 25.2 Å². The molecule has 1 N–H and O–H groups in total. The normalized spacial score (nSPS) is 11.7. The lowest BCUT2D eigenvalue weighted by atomic mass is 10.0. The lowest BCUT2D eigenvalue weighted by Crippen LogP contribution is -2.39. The van der Waals surface area contributed by atoms with Crippen LogP contribution in [0.15, 0.2) is 48.5 Å². The van der Waals surface area contributed by atoms with Crippen molar-refractivity contribution in [2.24, 2.45) is 0 Å². The zero-order chi connectivity index (χ0) is 19.6. The maximum Gasteiger partial charge on any atom is 0.261 e. The highest BCUT2D eigenvalue weighted by molar-refractivity contribution is 5.81. The van der Waals surface area contributed by atoms with Gasteiger partial charge in [0.2, 0.25) is 0 Å². The fourth-order valence-electron chi connectivity index (χ4n) is 2.68. The van der Waals surface area contributed by atoms with E-state index >= 15 is 0 Å². The minimum Gasteiger partial charge on any atom is -0.497 e. The molecule has 5 heteroatoms. The van der Waals surface area contributed by atoms with Crippen LogP contribution in [-0.2, 0) is 4.79 Å². The highest BCUT2D eigenvalue weighted by atomic mass is 16.5. The first-order chi connectivity index (χ1) is 13.0. The van der Waals surface area contributed by atoms with E-state index in [0.29, 0.717) is 31.2 Å². The fraction of sp³-hybridized carbons (Fsp3) is 0.409. The van der Waals surface area contributed by atoms with Crippen LogP contribution in [0.4, 0.5) is 0 Å². The number of benzene rings is 2. The largest absolute Gasteiger partial charge is 0.497 e. The minimum atomic E-state index is -0.540. The van der Waals surface area contributed by atoms with Crippen molar-refractivity contribution in [1.29, 1.82) is 0 Å². The monoisotopic (exact) mass is 371 g/mol. The van der Waals surface area contributed by atoms with Crippen LogP contribution >= 0.6 is 0 Å². The Kier molecular flexibility index (Phi) is 7.99. The topological polar surface area (TPSA) is 56.8 Å². The summed E-state index contributed by atoms with van der Waals surface area (Å²) in [6, 6.07) is 15.2. The summed E-state index contributed by atoms with van der Waals surface area (Å²) in [5.74, 6) is 2.49. The van der Waals surface area contributed by atoms with Gasteiger partial charge in [0.25, 0.3) is 5.91 Å². The molecule has 2 aromatic carbocycles. The molecule has 0 saturated heterocycles. The van der Waals surface area contributed by atoms with Crippen LogP contribution in [0.25, 0.3) is 0 Å². The molecular formula is C22H29NO4. The molecule has 0 aliphatic carbocycles. The number of nitrogens with one attached hydrogen (secondary N) is 1. The van der Waals surface area contributed by atoms with Crippen LogP contribution < -0.4 is 19.5 Å². The Balaban J connectivity index is 1.81. The van der Waals surface area contributed by atoms with Crippen LogP contribution in [0.5, 0.6) is 17.2 Å². The van der Waals surface area contributed by atoms with Crippen molar-refractivity contribution in [2.45, 2.75) is 39.2 Å². The first-order valence-electron chi connectivity index (χ1n) is 9.35. The Morgan fingerprint density at radius 3 is 2.33 bits per heavy atom. The number of carbonyl (C=O) groups excluding carboxylic acids is 1. The number of rotatable bonds is 10. The summed E-state index contributed by atoms with van der Waals surface area (Å²) in [4.78, 5) is 12.4. The third-order valence-electron chi connectivity index (χ3n) is 4.20. The molecule has 0 radical (unpaired) electrons. The number of methoxy groups -OCH3 is 1. The van der Waals surface area contributed by atoms with Crippen molar-refractivity contribution in [3.63, 3.8) is 0 Å². The molecule has 2 rings (SSSR count). The fourth-order valence-corrected chi connectivity index (χ4v) is 2.68. The van der Waals surface area contributed by atoms with E-state index in [1.54, 1.807) is 31.4 Å². The number of amides is 1. The SMILES string of the molecule is CCC(Oc1ccc(OC)cc1)C(=O)NCCOc1ccccc1C(C)C. The molecular weight excluding hydrogens is 342 g/mol. The van der Waals surface area contributed by atoms with E-state index < -0.39 is 6.10 Å². The summed E-state index contributed by atoms with van der Waals surface area (Å²) in [5.41, 5.74) is 1.16. The molecule has 1 atom stereocenters. The first kappa shape index (κ1) is 20.6. The zero-order valence-electron chi connectivity index (χ0n) is 16.5. The summed E-state index contributed by atoms with van der Waals surface area (Å²) in [6.07, 6.45) is 0.0379. The van der Waals surface area contributed by atoms with Crippen molar-refractivity contribution >= 4 is 5.91 Å². The summed E-state index contributed by atoms with van der Waals surface area (Å²) in [7, 11) is 1.61. The van der Waals surface area contributed by atoms with E-state index in [0.717, 1.165) is 17.1 Å². The summed E-state index contributed by atoms with van der Waals surface area (Å²) in [6.45, 7) is 7.02.